The first kappa shape index (κ1) is 18.2. The molecule has 0 N–H and O–H groups in total. The van der Waals surface area contributed by atoms with E-state index in [-0.39, 0.29) is 30.6 Å². The summed E-state index contributed by atoms with van der Waals surface area (Å²) in [6, 6.07) is 10.8. The van der Waals surface area contributed by atoms with Gasteiger partial charge in [-0.3, -0.25) is 23.7 Å². The smallest absolute Gasteiger partial charge is 0.331 e. The fourth-order valence-corrected chi connectivity index (χ4v) is 4.03. The summed E-state index contributed by atoms with van der Waals surface area (Å²) in [5.41, 5.74) is 0.786. The van der Waals surface area contributed by atoms with Gasteiger partial charge in [-0.25, -0.2) is 4.79 Å². The van der Waals surface area contributed by atoms with Crippen LogP contribution < -0.4 is 11.2 Å². The van der Waals surface area contributed by atoms with E-state index in [1.807, 2.05) is 17.0 Å². The second-order valence-electron chi connectivity index (χ2n) is 6.96. The molecule has 0 aliphatic carbocycles. The minimum Gasteiger partial charge on any atom is -0.334 e. The fourth-order valence-electron chi connectivity index (χ4n) is 4.03. The maximum atomic E-state index is 13.1. The lowest BCUT2D eigenvalue weighted by Crippen LogP contribution is -2.43. The number of carbonyl (C=O) groups is 1. The van der Waals surface area contributed by atoms with Crippen molar-refractivity contribution < 1.29 is 4.79 Å². The average molecular weight is 378 g/mol. The molecular formula is C21H22N4O3. The normalized spacial score (nSPS) is 16.6. The first-order valence-corrected chi connectivity index (χ1v) is 9.53. The number of rotatable bonds is 4. The molecule has 0 radical (unpaired) electrons. The average Bonchev–Trinajstić information content (AvgIpc) is 3.22. The number of fused-ring (bicyclic) bond motifs is 1. The zero-order chi connectivity index (χ0) is 19.7. The first-order valence-electron chi connectivity index (χ1n) is 9.53. The van der Waals surface area contributed by atoms with Crippen molar-refractivity contribution in [2.24, 2.45) is 0 Å². The van der Waals surface area contributed by atoms with Crippen LogP contribution in [0.4, 0.5) is 0 Å². The summed E-state index contributed by atoms with van der Waals surface area (Å²) in [4.78, 5) is 44.5. The second-order valence-corrected chi connectivity index (χ2v) is 6.96. The van der Waals surface area contributed by atoms with Gasteiger partial charge in [-0.05, 0) is 49.6 Å². The molecule has 3 heterocycles. The van der Waals surface area contributed by atoms with E-state index in [2.05, 4.69) is 4.98 Å². The Morgan fingerprint density at radius 1 is 1.11 bits per heavy atom. The quantitative estimate of drug-likeness (QED) is 0.695. The van der Waals surface area contributed by atoms with Crippen LogP contribution in [0.25, 0.3) is 10.9 Å². The van der Waals surface area contributed by atoms with Gasteiger partial charge in [0.1, 0.15) is 6.54 Å². The van der Waals surface area contributed by atoms with Crippen LogP contribution in [0, 0.1) is 0 Å². The predicted molar refractivity (Wildman–Crippen MR) is 106 cm³/mol. The Balaban J connectivity index is 1.73. The van der Waals surface area contributed by atoms with Gasteiger partial charge in [0, 0.05) is 25.5 Å². The second kappa shape index (κ2) is 7.42. The standard InChI is InChI=1S/C21H22N4O3/c1-2-23-20(27)16-6-3-4-7-18(16)25(21(23)28)14-19(26)24-13-5-8-17(24)15-9-11-22-12-10-15/h3-4,6-7,9-12,17H,2,5,8,13-14H2,1H3/t17-/m0/s1. The van der Waals surface area contributed by atoms with Crippen LogP contribution in [0.2, 0.25) is 0 Å². The molecule has 1 atom stereocenters. The third-order valence-corrected chi connectivity index (χ3v) is 5.41. The molecule has 28 heavy (non-hydrogen) atoms. The van der Waals surface area contributed by atoms with E-state index in [0.717, 1.165) is 18.4 Å². The summed E-state index contributed by atoms with van der Waals surface area (Å²) in [5, 5.41) is 0.448. The van der Waals surface area contributed by atoms with Gasteiger partial charge in [-0.15, -0.1) is 0 Å². The van der Waals surface area contributed by atoms with Crippen LogP contribution in [-0.2, 0) is 17.9 Å². The van der Waals surface area contributed by atoms with Crippen molar-refractivity contribution in [1.82, 2.24) is 19.0 Å². The van der Waals surface area contributed by atoms with Crippen molar-refractivity contribution in [3.05, 3.63) is 75.2 Å². The largest absolute Gasteiger partial charge is 0.334 e. The number of hydrogen-bond acceptors (Lipinski definition) is 4. The molecule has 0 saturated carbocycles. The molecule has 7 heteroatoms. The van der Waals surface area contributed by atoms with Gasteiger partial charge in [0.05, 0.1) is 16.9 Å². The molecule has 3 aromatic rings. The molecule has 1 fully saturated rings. The van der Waals surface area contributed by atoms with E-state index in [0.29, 0.717) is 17.4 Å². The highest BCUT2D eigenvalue weighted by Crippen LogP contribution is 2.31. The molecule has 1 amide bonds. The van der Waals surface area contributed by atoms with E-state index in [1.54, 1.807) is 43.6 Å². The third kappa shape index (κ3) is 3.02. The maximum absolute atomic E-state index is 13.1. The Kier molecular flexibility index (Phi) is 4.81. The summed E-state index contributed by atoms with van der Waals surface area (Å²) in [6.45, 7) is 2.59. The summed E-state index contributed by atoms with van der Waals surface area (Å²) in [6.07, 6.45) is 5.26. The van der Waals surface area contributed by atoms with Crippen LogP contribution in [0.3, 0.4) is 0 Å². The van der Waals surface area contributed by atoms with Gasteiger partial charge in [0.15, 0.2) is 0 Å². The summed E-state index contributed by atoms with van der Waals surface area (Å²) in [5.74, 6) is -0.118. The maximum Gasteiger partial charge on any atom is 0.331 e. The van der Waals surface area contributed by atoms with Crippen molar-refractivity contribution in [3.63, 3.8) is 0 Å². The Bertz CT molecular complexity index is 1130. The van der Waals surface area contributed by atoms with Gasteiger partial charge < -0.3 is 4.90 Å². The lowest BCUT2D eigenvalue weighted by atomic mass is 10.1. The number of benzene rings is 1. The number of para-hydroxylation sites is 1. The lowest BCUT2D eigenvalue weighted by molar-refractivity contribution is -0.132. The van der Waals surface area contributed by atoms with Crippen LogP contribution >= 0.6 is 0 Å². The highest BCUT2D eigenvalue weighted by molar-refractivity contribution is 5.82. The molecule has 1 aromatic carbocycles. The van der Waals surface area contributed by atoms with Crippen LogP contribution in [0.5, 0.6) is 0 Å². The molecule has 0 bridgehead atoms. The SMILES string of the molecule is CCn1c(=O)c2ccccc2n(CC(=O)N2CCC[C@H]2c2ccncc2)c1=O. The number of nitrogens with zero attached hydrogens (tertiary/aromatic N) is 4. The molecule has 1 aliphatic heterocycles. The number of aromatic nitrogens is 3. The van der Waals surface area contributed by atoms with Crippen molar-refractivity contribution in [2.75, 3.05) is 6.54 Å². The Morgan fingerprint density at radius 3 is 2.61 bits per heavy atom. The molecule has 2 aromatic heterocycles. The predicted octanol–water partition coefficient (Wildman–Crippen LogP) is 1.94. The highest BCUT2D eigenvalue weighted by atomic mass is 16.2. The van der Waals surface area contributed by atoms with Crippen LogP contribution in [-0.4, -0.2) is 31.5 Å². The Morgan fingerprint density at radius 2 is 1.86 bits per heavy atom. The summed E-state index contributed by atoms with van der Waals surface area (Å²) >= 11 is 0. The minimum absolute atomic E-state index is 0.00505. The van der Waals surface area contributed by atoms with Gasteiger partial charge in [-0.2, -0.15) is 0 Å². The van der Waals surface area contributed by atoms with Gasteiger partial charge in [0.2, 0.25) is 5.91 Å². The van der Waals surface area contributed by atoms with Crippen molar-refractivity contribution >= 4 is 16.8 Å². The van der Waals surface area contributed by atoms with Crippen LogP contribution in [0.15, 0.2) is 58.4 Å². The van der Waals surface area contributed by atoms with Gasteiger partial charge in [0.25, 0.3) is 5.56 Å². The third-order valence-electron chi connectivity index (χ3n) is 5.41. The van der Waals surface area contributed by atoms with Crippen molar-refractivity contribution in [3.8, 4) is 0 Å². The van der Waals surface area contributed by atoms with E-state index in [9.17, 15) is 14.4 Å². The van der Waals surface area contributed by atoms with E-state index in [1.165, 1.54) is 9.13 Å². The molecule has 4 rings (SSSR count). The van der Waals surface area contributed by atoms with E-state index >= 15 is 0 Å². The molecule has 7 nitrogen and oxygen atoms in total. The Hall–Kier alpha value is -3.22. The number of hydrogen-bond donors (Lipinski definition) is 0. The highest BCUT2D eigenvalue weighted by Gasteiger charge is 2.30. The monoisotopic (exact) mass is 378 g/mol. The zero-order valence-electron chi connectivity index (χ0n) is 15.7. The van der Waals surface area contributed by atoms with Crippen molar-refractivity contribution in [1.29, 1.82) is 0 Å². The molecule has 1 saturated heterocycles. The topological polar surface area (TPSA) is 77.2 Å². The Labute approximate surface area is 161 Å². The van der Waals surface area contributed by atoms with Crippen LogP contribution in [0.1, 0.15) is 31.4 Å². The minimum atomic E-state index is -0.445. The zero-order valence-corrected chi connectivity index (χ0v) is 15.7. The van der Waals surface area contributed by atoms with Gasteiger partial charge >= 0.3 is 5.69 Å². The summed E-state index contributed by atoms with van der Waals surface area (Å²) < 4.78 is 2.60. The number of amides is 1. The molecule has 1 aliphatic rings. The lowest BCUT2D eigenvalue weighted by Gasteiger charge is -2.25. The molecular weight excluding hydrogens is 356 g/mol. The van der Waals surface area contributed by atoms with Gasteiger partial charge in [-0.1, -0.05) is 12.1 Å². The molecule has 0 spiro atoms. The molecule has 144 valence electrons. The summed E-state index contributed by atoms with van der Waals surface area (Å²) in [7, 11) is 0. The fraction of sp³-hybridized carbons (Fsp3) is 0.333. The number of pyridine rings is 1. The van der Waals surface area contributed by atoms with E-state index < -0.39 is 5.69 Å². The molecule has 0 unspecified atom stereocenters. The van der Waals surface area contributed by atoms with Crippen molar-refractivity contribution in [2.45, 2.75) is 38.9 Å². The number of likely N-dealkylation sites (tertiary alicyclic amines) is 1. The first-order chi connectivity index (χ1) is 13.6. The number of carbonyl (C=O) groups excluding carboxylic acids is 1. The van der Waals surface area contributed by atoms with E-state index in [4.69, 9.17) is 0 Å².